The molecule has 0 aliphatic heterocycles. The van der Waals surface area contributed by atoms with Gasteiger partial charge in [0.05, 0.1) is 0 Å². The average Bonchev–Trinajstić information content (AvgIpc) is 1.67. The van der Waals surface area contributed by atoms with Crippen LogP contribution in [0.1, 0.15) is 20.8 Å². The molecule has 0 rings (SSSR count). The normalized spacial score (nSPS) is 12.5. The molecule has 1 heteroatoms. The van der Waals surface area contributed by atoms with Crippen molar-refractivity contribution in [3.05, 3.63) is 0 Å². The molecule has 1 atom stereocenters. The van der Waals surface area contributed by atoms with E-state index in [2.05, 4.69) is 19.8 Å². The van der Waals surface area contributed by atoms with E-state index in [9.17, 15) is 0 Å². The van der Waals surface area contributed by atoms with Gasteiger partial charge in [0.2, 0.25) is 0 Å². The van der Waals surface area contributed by atoms with Crippen molar-refractivity contribution in [3.63, 3.8) is 0 Å². The minimum Gasteiger partial charge on any atom is -0.462 e. The first-order valence-electron chi connectivity index (χ1n) is 2.83. The second kappa shape index (κ2) is 3.37. The summed E-state index contributed by atoms with van der Waals surface area (Å²) < 4.78 is 0. The Bertz CT molecular complexity index is 105. The predicted molar refractivity (Wildman–Crippen MR) is 33.7 cm³/mol. The van der Waals surface area contributed by atoms with E-state index in [4.69, 9.17) is 5.11 Å². The summed E-state index contributed by atoms with van der Waals surface area (Å²) in [5.41, 5.74) is 0. The average molecular weight is 112 g/mol. The van der Waals surface area contributed by atoms with Crippen LogP contribution in [0, 0.1) is 23.9 Å². The maximum atomic E-state index is 8.12. The van der Waals surface area contributed by atoms with Gasteiger partial charge in [-0.2, -0.15) is 0 Å². The Morgan fingerprint density at radius 3 is 1.88 bits per heavy atom. The zero-order valence-electron chi connectivity index (χ0n) is 5.60. The molecule has 8 heavy (non-hydrogen) atoms. The monoisotopic (exact) mass is 112 g/mol. The topological polar surface area (TPSA) is 20.2 Å². The molecule has 0 spiro atoms. The highest BCUT2D eigenvalue weighted by Gasteiger charge is 2.00. The van der Waals surface area contributed by atoms with Crippen molar-refractivity contribution in [1.82, 2.24) is 0 Å². The number of hydrogen-bond acceptors (Lipinski definition) is 1. The Morgan fingerprint density at radius 2 is 1.75 bits per heavy atom. The third-order valence-corrected chi connectivity index (χ3v) is 1.29. The number of rotatable bonds is 1. The molecule has 0 aliphatic carbocycles. The highest BCUT2D eigenvalue weighted by Crippen LogP contribution is 2.06. The van der Waals surface area contributed by atoms with Crippen LogP contribution in [0.5, 0.6) is 0 Å². The molecular formula is C7H12O. The summed E-state index contributed by atoms with van der Waals surface area (Å²) in [6.45, 7) is 6.15. The van der Waals surface area contributed by atoms with Gasteiger partial charge in [0, 0.05) is 5.92 Å². The molecule has 0 aromatic carbocycles. The largest absolute Gasteiger partial charge is 0.462 e. The summed E-state index contributed by atoms with van der Waals surface area (Å²) in [6, 6.07) is 0. The smallest absolute Gasteiger partial charge is 0.107 e. The lowest BCUT2D eigenvalue weighted by molar-refractivity contribution is 0.491. The van der Waals surface area contributed by atoms with Crippen LogP contribution < -0.4 is 0 Å². The maximum absolute atomic E-state index is 8.12. The lowest BCUT2D eigenvalue weighted by atomic mass is 10.00. The van der Waals surface area contributed by atoms with Crippen molar-refractivity contribution in [3.8, 4) is 12.0 Å². The fourth-order valence-electron chi connectivity index (χ4n) is 0.268. The molecule has 0 heterocycles. The molecule has 1 unspecified atom stereocenters. The van der Waals surface area contributed by atoms with Gasteiger partial charge < -0.3 is 5.11 Å². The first-order chi connectivity index (χ1) is 3.68. The molecule has 0 saturated heterocycles. The van der Waals surface area contributed by atoms with E-state index in [-0.39, 0.29) is 0 Å². The van der Waals surface area contributed by atoms with Crippen LogP contribution >= 0.6 is 0 Å². The van der Waals surface area contributed by atoms with Crippen molar-refractivity contribution in [2.45, 2.75) is 20.8 Å². The number of aliphatic hydroxyl groups is 1. The quantitative estimate of drug-likeness (QED) is 0.511. The zero-order valence-corrected chi connectivity index (χ0v) is 5.60. The molecule has 0 fully saturated rings. The van der Waals surface area contributed by atoms with Gasteiger partial charge in [-0.1, -0.05) is 26.7 Å². The van der Waals surface area contributed by atoms with Crippen molar-refractivity contribution >= 4 is 0 Å². The summed E-state index contributed by atoms with van der Waals surface area (Å²) >= 11 is 0. The summed E-state index contributed by atoms with van der Waals surface area (Å²) in [5, 5.41) is 8.12. The molecule has 0 saturated carbocycles. The minimum absolute atomic E-state index is 0.306. The van der Waals surface area contributed by atoms with E-state index in [1.165, 1.54) is 0 Å². The first-order valence-corrected chi connectivity index (χ1v) is 2.83. The van der Waals surface area contributed by atoms with Gasteiger partial charge in [0.15, 0.2) is 0 Å². The molecule has 46 valence electrons. The fourth-order valence-corrected chi connectivity index (χ4v) is 0.268. The van der Waals surface area contributed by atoms with Crippen molar-refractivity contribution < 1.29 is 5.11 Å². The minimum atomic E-state index is 0.306. The van der Waals surface area contributed by atoms with Gasteiger partial charge in [-0.25, -0.2) is 0 Å². The Labute approximate surface area is 50.7 Å². The van der Waals surface area contributed by atoms with E-state index in [0.717, 1.165) is 0 Å². The summed E-state index contributed by atoms with van der Waals surface area (Å²) in [5.74, 6) is 3.49. The van der Waals surface area contributed by atoms with E-state index in [1.54, 1.807) is 0 Å². The van der Waals surface area contributed by atoms with Gasteiger partial charge in [0.1, 0.15) is 6.11 Å². The summed E-state index contributed by atoms with van der Waals surface area (Å²) in [4.78, 5) is 0. The Balaban J connectivity index is 3.58. The summed E-state index contributed by atoms with van der Waals surface area (Å²) in [7, 11) is 0. The molecular weight excluding hydrogens is 100 g/mol. The Hall–Kier alpha value is -0.640. The SMILES string of the molecule is CC(C)C(C)C#CO. The highest BCUT2D eigenvalue weighted by molar-refractivity contribution is 4.95. The zero-order chi connectivity index (χ0) is 6.57. The standard InChI is InChI=1S/C7H12O/c1-6(2)7(3)4-5-8/h6-8H,1-3H3. The highest BCUT2D eigenvalue weighted by atomic mass is 16.2. The van der Waals surface area contributed by atoms with E-state index in [0.29, 0.717) is 11.8 Å². The Kier molecular flexibility index (Phi) is 3.10. The molecule has 0 bridgehead atoms. The molecule has 1 N–H and O–H groups in total. The lowest BCUT2D eigenvalue weighted by Crippen LogP contribution is -1.99. The van der Waals surface area contributed by atoms with E-state index >= 15 is 0 Å². The van der Waals surface area contributed by atoms with Crippen LogP contribution in [0.25, 0.3) is 0 Å². The van der Waals surface area contributed by atoms with Crippen LogP contribution in [-0.2, 0) is 0 Å². The lowest BCUT2D eigenvalue weighted by Gasteiger charge is -2.04. The second-order valence-electron chi connectivity index (χ2n) is 2.29. The van der Waals surface area contributed by atoms with Crippen LogP contribution in [-0.4, -0.2) is 5.11 Å². The number of hydrogen-bond donors (Lipinski definition) is 1. The van der Waals surface area contributed by atoms with E-state index in [1.807, 2.05) is 13.0 Å². The molecule has 1 nitrogen and oxygen atoms in total. The second-order valence-corrected chi connectivity index (χ2v) is 2.29. The van der Waals surface area contributed by atoms with Crippen molar-refractivity contribution in [2.75, 3.05) is 0 Å². The fraction of sp³-hybridized carbons (Fsp3) is 0.714. The van der Waals surface area contributed by atoms with Gasteiger partial charge in [-0.05, 0) is 5.92 Å². The molecule has 0 radical (unpaired) electrons. The Morgan fingerprint density at radius 1 is 1.25 bits per heavy atom. The molecule has 0 amide bonds. The number of aliphatic hydroxyl groups excluding tert-OH is 1. The van der Waals surface area contributed by atoms with Gasteiger partial charge in [0.25, 0.3) is 0 Å². The van der Waals surface area contributed by atoms with Gasteiger partial charge in [-0.15, -0.1) is 0 Å². The van der Waals surface area contributed by atoms with Gasteiger partial charge >= 0.3 is 0 Å². The predicted octanol–water partition coefficient (Wildman–Crippen LogP) is 1.61. The summed E-state index contributed by atoms with van der Waals surface area (Å²) in [6.07, 6.45) is 1.90. The van der Waals surface area contributed by atoms with Crippen LogP contribution in [0.4, 0.5) is 0 Å². The molecule has 0 aromatic rings. The van der Waals surface area contributed by atoms with Crippen molar-refractivity contribution in [2.24, 2.45) is 11.8 Å². The van der Waals surface area contributed by atoms with Crippen LogP contribution in [0.3, 0.4) is 0 Å². The van der Waals surface area contributed by atoms with Crippen LogP contribution in [0.15, 0.2) is 0 Å². The molecule has 0 aliphatic rings. The van der Waals surface area contributed by atoms with Crippen molar-refractivity contribution in [1.29, 1.82) is 0 Å². The van der Waals surface area contributed by atoms with E-state index < -0.39 is 0 Å². The van der Waals surface area contributed by atoms with Crippen LogP contribution in [0.2, 0.25) is 0 Å². The maximum Gasteiger partial charge on any atom is 0.107 e. The van der Waals surface area contributed by atoms with Gasteiger partial charge in [-0.3, -0.25) is 0 Å². The third kappa shape index (κ3) is 2.52. The third-order valence-electron chi connectivity index (χ3n) is 1.29. The molecule has 0 aromatic heterocycles. The first kappa shape index (κ1) is 7.36.